The maximum absolute atomic E-state index is 12.4. The molecule has 2 atom stereocenters. The number of hydrogen-bond donors (Lipinski definition) is 4. The number of hydrogen-bond acceptors (Lipinski definition) is 6. The molecule has 10 heteroatoms. The molecule has 1 aliphatic heterocycles. The van der Waals surface area contributed by atoms with Gasteiger partial charge < -0.3 is 26.2 Å². The first-order valence-corrected chi connectivity index (χ1v) is 8.00. The zero-order valence-electron chi connectivity index (χ0n) is 12.9. The number of carbonyl (C=O) groups excluding carboxylic acids is 2. The summed E-state index contributed by atoms with van der Waals surface area (Å²) in [4.78, 5) is 46.8. The van der Waals surface area contributed by atoms with Crippen LogP contribution in [0.1, 0.15) is 26.7 Å². The summed E-state index contributed by atoms with van der Waals surface area (Å²) in [6.07, 6.45) is -0.613. The smallest absolute Gasteiger partial charge is 0.326 e. The third kappa shape index (κ3) is 4.83. The van der Waals surface area contributed by atoms with Crippen molar-refractivity contribution in [1.29, 1.82) is 0 Å². The van der Waals surface area contributed by atoms with Gasteiger partial charge in [0.25, 0.3) is 0 Å². The van der Waals surface area contributed by atoms with Crippen molar-refractivity contribution in [2.24, 2.45) is 5.73 Å². The summed E-state index contributed by atoms with van der Waals surface area (Å²) < 4.78 is 0. The van der Waals surface area contributed by atoms with E-state index in [9.17, 15) is 19.2 Å². The van der Waals surface area contributed by atoms with Crippen molar-refractivity contribution in [1.82, 2.24) is 10.2 Å². The van der Waals surface area contributed by atoms with E-state index in [2.05, 4.69) is 5.32 Å². The normalized spacial score (nSPS) is 20.8. The Labute approximate surface area is 137 Å². The van der Waals surface area contributed by atoms with Crippen LogP contribution in [0.25, 0.3) is 0 Å². The summed E-state index contributed by atoms with van der Waals surface area (Å²) in [6.45, 7) is 3.30. The molecular weight excluding hydrogens is 326 g/mol. The molecule has 0 saturated carbocycles. The summed E-state index contributed by atoms with van der Waals surface area (Å²) >= 11 is 1.39. The van der Waals surface area contributed by atoms with E-state index in [-0.39, 0.29) is 19.4 Å². The molecule has 1 rings (SSSR count). The van der Waals surface area contributed by atoms with Gasteiger partial charge in [0.1, 0.15) is 12.1 Å². The second-order valence-corrected chi connectivity index (χ2v) is 7.19. The molecule has 0 radical (unpaired) electrons. The topological polar surface area (TPSA) is 150 Å². The Hall–Kier alpha value is -1.81. The van der Waals surface area contributed by atoms with Crippen LogP contribution in [0.2, 0.25) is 0 Å². The molecule has 0 aromatic rings. The predicted octanol–water partition coefficient (Wildman–Crippen LogP) is -0.941. The number of aliphatic carboxylic acids is 2. The van der Waals surface area contributed by atoms with E-state index in [1.165, 1.54) is 16.7 Å². The fourth-order valence-corrected chi connectivity index (χ4v) is 3.60. The quantitative estimate of drug-likeness (QED) is 0.461. The van der Waals surface area contributed by atoms with Crippen LogP contribution in [0.4, 0.5) is 0 Å². The van der Waals surface area contributed by atoms with Gasteiger partial charge in [-0.1, -0.05) is 0 Å². The van der Waals surface area contributed by atoms with E-state index in [0.717, 1.165) is 0 Å². The number of thioether (sulfide) groups is 1. The van der Waals surface area contributed by atoms with Crippen molar-refractivity contribution in [2.45, 2.75) is 43.6 Å². The monoisotopic (exact) mass is 347 g/mol. The first-order valence-electron chi connectivity index (χ1n) is 7.01. The molecule has 1 aliphatic rings. The van der Waals surface area contributed by atoms with Crippen molar-refractivity contribution >= 4 is 35.5 Å². The highest BCUT2D eigenvalue weighted by molar-refractivity contribution is 8.00. The van der Waals surface area contributed by atoms with Gasteiger partial charge in [0.05, 0.1) is 11.4 Å². The SMILES string of the molecule is CC1(C)SC[C@@H](C(=O)N[C@@H](CCC(=O)O)C(=O)O)N1C(=O)CN. The van der Waals surface area contributed by atoms with Gasteiger partial charge in [0.15, 0.2) is 0 Å². The van der Waals surface area contributed by atoms with Crippen LogP contribution < -0.4 is 11.1 Å². The van der Waals surface area contributed by atoms with E-state index < -0.39 is 40.7 Å². The van der Waals surface area contributed by atoms with Gasteiger partial charge in [-0.2, -0.15) is 0 Å². The molecule has 0 spiro atoms. The molecule has 0 bridgehead atoms. The molecule has 1 heterocycles. The molecule has 130 valence electrons. The second kappa shape index (κ2) is 7.64. The van der Waals surface area contributed by atoms with Crippen LogP contribution in [-0.2, 0) is 19.2 Å². The zero-order valence-corrected chi connectivity index (χ0v) is 13.8. The molecule has 1 fully saturated rings. The summed E-state index contributed by atoms with van der Waals surface area (Å²) in [5, 5.41) is 20.0. The van der Waals surface area contributed by atoms with Gasteiger partial charge in [-0.15, -0.1) is 11.8 Å². The number of carbonyl (C=O) groups is 4. The van der Waals surface area contributed by atoms with Crippen LogP contribution in [-0.4, -0.2) is 68.1 Å². The molecule has 0 unspecified atom stereocenters. The molecule has 2 amide bonds. The number of amides is 2. The first-order chi connectivity index (χ1) is 10.6. The number of nitrogens with one attached hydrogen (secondary N) is 1. The minimum atomic E-state index is -1.32. The Morgan fingerprint density at radius 3 is 2.43 bits per heavy atom. The fraction of sp³-hybridized carbons (Fsp3) is 0.692. The Morgan fingerprint density at radius 2 is 1.96 bits per heavy atom. The van der Waals surface area contributed by atoms with E-state index >= 15 is 0 Å². The van der Waals surface area contributed by atoms with Crippen molar-refractivity contribution < 1.29 is 29.4 Å². The number of carboxylic acid groups (broad SMARTS) is 2. The van der Waals surface area contributed by atoms with Gasteiger partial charge in [0.2, 0.25) is 11.8 Å². The lowest BCUT2D eigenvalue weighted by molar-refractivity contribution is -0.145. The maximum Gasteiger partial charge on any atom is 0.326 e. The van der Waals surface area contributed by atoms with E-state index in [0.29, 0.717) is 5.75 Å². The fourth-order valence-electron chi connectivity index (χ4n) is 2.36. The largest absolute Gasteiger partial charge is 0.481 e. The number of nitrogens with two attached hydrogens (primary N) is 1. The highest BCUT2D eigenvalue weighted by Gasteiger charge is 2.46. The van der Waals surface area contributed by atoms with Gasteiger partial charge >= 0.3 is 11.9 Å². The Balaban J connectivity index is 2.83. The molecule has 9 nitrogen and oxygen atoms in total. The molecule has 1 saturated heterocycles. The third-order valence-electron chi connectivity index (χ3n) is 3.49. The van der Waals surface area contributed by atoms with Crippen LogP contribution in [0.15, 0.2) is 0 Å². The number of carboxylic acids is 2. The van der Waals surface area contributed by atoms with Crippen molar-refractivity contribution in [2.75, 3.05) is 12.3 Å². The Bertz CT molecular complexity index is 510. The summed E-state index contributed by atoms with van der Waals surface area (Å²) in [7, 11) is 0. The molecule has 0 aromatic heterocycles. The lowest BCUT2D eigenvalue weighted by Gasteiger charge is -2.34. The van der Waals surface area contributed by atoms with Gasteiger partial charge in [0, 0.05) is 12.2 Å². The van der Waals surface area contributed by atoms with Crippen LogP contribution in [0.3, 0.4) is 0 Å². The van der Waals surface area contributed by atoms with E-state index in [1.807, 2.05) is 0 Å². The van der Waals surface area contributed by atoms with Crippen molar-refractivity contribution in [3.8, 4) is 0 Å². The number of rotatable bonds is 7. The zero-order chi connectivity index (χ0) is 17.8. The Kier molecular flexibility index (Phi) is 6.39. The standard InChI is InChI=1S/C13H21N3O6S/c1-13(2)16(9(17)5-14)8(6-23-13)11(20)15-7(12(21)22)3-4-10(18)19/h7-8H,3-6,14H2,1-2H3,(H,15,20)(H,18,19)(H,21,22)/t7-,8-/m0/s1. The number of nitrogens with zero attached hydrogens (tertiary/aromatic N) is 1. The molecular formula is C13H21N3O6S. The summed E-state index contributed by atoms with van der Waals surface area (Å²) in [6, 6.07) is -2.15. The molecule has 0 aromatic carbocycles. The average Bonchev–Trinajstić information content (AvgIpc) is 2.77. The Morgan fingerprint density at radius 1 is 1.35 bits per heavy atom. The van der Waals surface area contributed by atoms with Crippen LogP contribution in [0.5, 0.6) is 0 Å². The highest BCUT2D eigenvalue weighted by Crippen LogP contribution is 2.38. The van der Waals surface area contributed by atoms with Crippen molar-refractivity contribution in [3.05, 3.63) is 0 Å². The average molecular weight is 347 g/mol. The summed E-state index contributed by atoms with van der Waals surface area (Å²) in [5.41, 5.74) is 5.37. The summed E-state index contributed by atoms with van der Waals surface area (Å²) in [5.74, 6) is -3.18. The van der Waals surface area contributed by atoms with Crippen LogP contribution >= 0.6 is 11.8 Å². The van der Waals surface area contributed by atoms with Gasteiger partial charge in [-0.25, -0.2) is 4.79 Å². The molecule has 0 aliphatic carbocycles. The van der Waals surface area contributed by atoms with Gasteiger partial charge in [-0.3, -0.25) is 14.4 Å². The second-order valence-electron chi connectivity index (χ2n) is 5.57. The minimum absolute atomic E-state index is 0.232. The highest BCUT2D eigenvalue weighted by atomic mass is 32.2. The van der Waals surface area contributed by atoms with E-state index in [1.54, 1.807) is 13.8 Å². The van der Waals surface area contributed by atoms with Crippen LogP contribution in [0, 0.1) is 0 Å². The predicted molar refractivity (Wildman–Crippen MR) is 82.7 cm³/mol. The maximum atomic E-state index is 12.4. The lowest BCUT2D eigenvalue weighted by Crippen LogP contribution is -2.56. The van der Waals surface area contributed by atoms with Gasteiger partial charge in [-0.05, 0) is 20.3 Å². The van der Waals surface area contributed by atoms with Crippen molar-refractivity contribution in [3.63, 3.8) is 0 Å². The third-order valence-corrected chi connectivity index (χ3v) is 4.88. The minimum Gasteiger partial charge on any atom is -0.481 e. The molecule has 5 N–H and O–H groups in total. The lowest BCUT2D eigenvalue weighted by atomic mass is 10.1. The molecule has 23 heavy (non-hydrogen) atoms. The van der Waals surface area contributed by atoms with E-state index in [4.69, 9.17) is 15.9 Å². The first kappa shape index (κ1) is 19.2.